The Labute approximate surface area is 142 Å². The topological polar surface area (TPSA) is 101 Å². The average Bonchev–Trinajstić information content (AvgIpc) is 2.94. The molecule has 9 heteroatoms. The SMILES string of the molecule is Cc1ccc([N+](=O)[O-])c(S(=O)(=O)NCCC2CCNC2)c1C.Cl. The second-order valence-electron chi connectivity index (χ2n) is 5.66. The molecule has 2 N–H and O–H groups in total. The van der Waals surface area contributed by atoms with E-state index in [1.807, 2.05) is 0 Å². The molecule has 1 aromatic carbocycles. The molecular formula is C14H22ClN3O4S. The van der Waals surface area contributed by atoms with Gasteiger partial charge in [0, 0.05) is 12.6 Å². The number of nitro benzene ring substituents is 1. The molecule has 7 nitrogen and oxygen atoms in total. The molecule has 130 valence electrons. The normalized spacial score (nSPS) is 17.7. The molecule has 1 heterocycles. The van der Waals surface area contributed by atoms with Crippen LogP contribution in [0.15, 0.2) is 17.0 Å². The lowest BCUT2D eigenvalue weighted by Gasteiger charge is -2.13. The van der Waals surface area contributed by atoms with Crippen LogP contribution in [0.2, 0.25) is 0 Å². The van der Waals surface area contributed by atoms with E-state index in [1.54, 1.807) is 19.9 Å². The molecule has 1 fully saturated rings. The number of sulfonamides is 1. The summed E-state index contributed by atoms with van der Waals surface area (Å²) in [5.41, 5.74) is 0.758. The summed E-state index contributed by atoms with van der Waals surface area (Å²) >= 11 is 0. The van der Waals surface area contributed by atoms with Crippen molar-refractivity contribution in [3.05, 3.63) is 33.4 Å². The Morgan fingerprint density at radius 1 is 1.39 bits per heavy atom. The maximum Gasteiger partial charge on any atom is 0.289 e. The molecule has 23 heavy (non-hydrogen) atoms. The van der Waals surface area contributed by atoms with Crippen molar-refractivity contribution in [2.24, 2.45) is 5.92 Å². The summed E-state index contributed by atoms with van der Waals surface area (Å²) < 4.78 is 27.5. The fraction of sp³-hybridized carbons (Fsp3) is 0.571. The number of aryl methyl sites for hydroxylation is 1. The van der Waals surface area contributed by atoms with Crippen molar-refractivity contribution >= 4 is 28.1 Å². The van der Waals surface area contributed by atoms with Crippen molar-refractivity contribution in [1.82, 2.24) is 10.0 Å². The van der Waals surface area contributed by atoms with Crippen LogP contribution in [0.4, 0.5) is 5.69 Å². The molecular weight excluding hydrogens is 342 g/mol. The Morgan fingerprint density at radius 2 is 2.09 bits per heavy atom. The third-order valence-corrected chi connectivity index (χ3v) is 5.77. The number of halogens is 1. The first kappa shape index (κ1) is 19.8. The largest absolute Gasteiger partial charge is 0.316 e. The molecule has 1 aromatic rings. The van der Waals surface area contributed by atoms with E-state index < -0.39 is 14.9 Å². The average molecular weight is 364 g/mol. The lowest BCUT2D eigenvalue weighted by Crippen LogP contribution is -2.28. The van der Waals surface area contributed by atoms with Gasteiger partial charge < -0.3 is 5.32 Å². The highest BCUT2D eigenvalue weighted by Gasteiger charge is 2.28. The third kappa shape index (κ3) is 4.63. The molecule has 0 radical (unpaired) electrons. The van der Waals surface area contributed by atoms with E-state index in [0.717, 1.165) is 25.9 Å². The van der Waals surface area contributed by atoms with Crippen molar-refractivity contribution in [2.75, 3.05) is 19.6 Å². The summed E-state index contributed by atoms with van der Waals surface area (Å²) in [5, 5.41) is 14.3. The summed E-state index contributed by atoms with van der Waals surface area (Å²) in [4.78, 5) is 10.2. The third-order valence-electron chi connectivity index (χ3n) is 4.13. The maximum absolute atomic E-state index is 12.5. The van der Waals surface area contributed by atoms with Crippen molar-refractivity contribution < 1.29 is 13.3 Å². The highest BCUT2D eigenvalue weighted by molar-refractivity contribution is 7.89. The molecule has 0 aliphatic carbocycles. The van der Waals surface area contributed by atoms with Crippen molar-refractivity contribution in [3.63, 3.8) is 0 Å². The molecule has 1 aliphatic rings. The zero-order valence-corrected chi connectivity index (χ0v) is 14.8. The Morgan fingerprint density at radius 3 is 2.65 bits per heavy atom. The summed E-state index contributed by atoms with van der Waals surface area (Å²) in [5.74, 6) is 0.455. The molecule has 0 bridgehead atoms. The highest BCUT2D eigenvalue weighted by Crippen LogP contribution is 2.29. The molecule has 1 unspecified atom stereocenters. The molecule has 1 saturated heterocycles. The second kappa shape index (κ2) is 8.05. The minimum Gasteiger partial charge on any atom is -0.316 e. The Bertz CT molecular complexity index is 673. The molecule has 0 spiro atoms. The van der Waals surface area contributed by atoms with Gasteiger partial charge in [0.25, 0.3) is 5.69 Å². The monoisotopic (exact) mass is 363 g/mol. The van der Waals surface area contributed by atoms with Crippen LogP contribution in [-0.2, 0) is 10.0 Å². The predicted molar refractivity (Wildman–Crippen MR) is 90.6 cm³/mol. The fourth-order valence-corrected chi connectivity index (χ4v) is 4.20. The van der Waals surface area contributed by atoms with Crippen LogP contribution >= 0.6 is 12.4 Å². The number of hydrogen-bond acceptors (Lipinski definition) is 5. The molecule has 1 atom stereocenters. The van der Waals surface area contributed by atoms with Crippen molar-refractivity contribution in [2.45, 2.75) is 31.6 Å². The van der Waals surface area contributed by atoms with Crippen LogP contribution in [0.1, 0.15) is 24.0 Å². The first-order chi connectivity index (χ1) is 10.3. The Balaban J connectivity index is 0.00000264. The minimum absolute atomic E-state index is 0. The lowest BCUT2D eigenvalue weighted by molar-refractivity contribution is -0.387. The van der Waals surface area contributed by atoms with E-state index >= 15 is 0 Å². The molecule has 0 saturated carbocycles. The number of benzene rings is 1. The zero-order chi connectivity index (χ0) is 16.3. The number of nitrogens with one attached hydrogen (secondary N) is 2. The van der Waals surface area contributed by atoms with Crippen LogP contribution in [-0.4, -0.2) is 33.0 Å². The second-order valence-corrected chi connectivity index (χ2v) is 7.36. The van der Waals surface area contributed by atoms with E-state index in [0.29, 0.717) is 23.6 Å². The van der Waals surface area contributed by atoms with Gasteiger partial charge in [0.15, 0.2) is 4.90 Å². The standard InChI is InChI=1S/C14H21N3O4S.ClH/c1-10-3-4-13(17(18)19)14(11(10)2)22(20,21)16-8-6-12-5-7-15-9-12;/h3-4,12,15-16H,5-9H2,1-2H3;1H. The van der Waals surface area contributed by atoms with Crippen LogP contribution in [0, 0.1) is 29.9 Å². The first-order valence-electron chi connectivity index (χ1n) is 7.28. The maximum atomic E-state index is 12.5. The smallest absolute Gasteiger partial charge is 0.289 e. The van der Waals surface area contributed by atoms with Crippen molar-refractivity contribution in [1.29, 1.82) is 0 Å². The van der Waals surface area contributed by atoms with Gasteiger partial charge in [0.05, 0.1) is 4.92 Å². The van der Waals surface area contributed by atoms with Gasteiger partial charge in [-0.3, -0.25) is 10.1 Å². The zero-order valence-electron chi connectivity index (χ0n) is 13.2. The van der Waals surface area contributed by atoms with Gasteiger partial charge in [0.1, 0.15) is 0 Å². The number of rotatable bonds is 6. The van der Waals surface area contributed by atoms with Gasteiger partial charge in [-0.05, 0) is 56.8 Å². The predicted octanol–water partition coefficient (Wildman–Crippen LogP) is 1.91. The summed E-state index contributed by atoms with van der Waals surface area (Å²) in [6, 6.07) is 2.81. The molecule has 0 aromatic heterocycles. The van der Waals surface area contributed by atoms with E-state index in [-0.39, 0.29) is 23.0 Å². The first-order valence-corrected chi connectivity index (χ1v) is 8.76. The number of nitro groups is 1. The van der Waals surface area contributed by atoms with Crippen LogP contribution < -0.4 is 10.0 Å². The summed E-state index contributed by atoms with van der Waals surface area (Å²) in [7, 11) is -3.89. The van der Waals surface area contributed by atoms with Gasteiger partial charge in [-0.1, -0.05) is 6.07 Å². The van der Waals surface area contributed by atoms with E-state index in [9.17, 15) is 18.5 Å². The molecule has 0 amide bonds. The van der Waals surface area contributed by atoms with Gasteiger partial charge >= 0.3 is 0 Å². The van der Waals surface area contributed by atoms with Crippen LogP contribution in [0.3, 0.4) is 0 Å². The van der Waals surface area contributed by atoms with Gasteiger partial charge in [0.2, 0.25) is 10.0 Å². The lowest BCUT2D eigenvalue weighted by atomic mass is 10.1. The fourth-order valence-electron chi connectivity index (χ4n) is 2.69. The van der Waals surface area contributed by atoms with Crippen LogP contribution in [0.25, 0.3) is 0 Å². The van der Waals surface area contributed by atoms with E-state index in [1.165, 1.54) is 6.07 Å². The summed E-state index contributed by atoms with van der Waals surface area (Å²) in [6.07, 6.45) is 1.76. The van der Waals surface area contributed by atoms with Crippen LogP contribution in [0.5, 0.6) is 0 Å². The molecule has 1 aliphatic heterocycles. The Hall–Kier alpha value is -1.22. The van der Waals surface area contributed by atoms with E-state index in [4.69, 9.17) is 0 Å². The minimum atomic E-state index is -3.89. The van der Waals surface area contributed by atoms with Gasteiger partial charge in [-0.15, -0.1) is 12.4 Å². The number of nitrogens with zero attached hydrogens (tertiary/aromatic N) is 1. The number of hydrogen-bond donors (Lipinski definition) is 2. The van der Waals surface area contributed by atoms with E-state index in [2.05, 4.69) is 10.0 Å². The Kier molecular flexibility index (Phi) is 6.94. The quantitative estimate of drug-likeness (QED) is 0.593. The summed E-state index contributed by atoms with van der Waals surface area (Å²) in [6.45, 7) is 5.48. The van der Waals surface area contributed by atoms with Gasteiger partial charge in [-0.2, -0.15) is 0 Å². The van der Waals surface area contributed by atoms with Gasteiger partial charge in [-0.25, -0.2) is 13.1 Å². The van der Waals surface area contributed by atoms with Crippen molar-refractivity contribution in [3.8, 4) is 0 Å². The highest BCUT2D eigenvalue weighted by atomic mass is 35.5. The molecule has 2 rings (SSSR count).